The van der Waals surface area contributed by atoms with E-state index in [0.29, 0.717) is 18.5 Å². The number of halogens is 1. The smallest absolute Gasteiger partial charge is 0.342 e. The Morgan fingerprint density at radius 2 is 2.15 bits per heavy atom. The van der Waals surface area contributed by atoms with Crippen LogP contribution in [-0.2, 0) is 0 Å². The second-order valence-electron chi connectivity index (χ2n) is 4.87. The van der Waals surface area contributed by atoms with Gasteiger partial charge >= 0.3 is 5.97 Å². The molecule has 0 aliphatic carbocycles. The molecule has 0 unspecified atom stereocenters. The van der Waals surface area contributed by atoms with E-state index in [2.05, 4.69) is 19.2 Å². The highest BCUT2D eigenvalue weighted by Crippen LogP contribution is 2.26. The minimum absolute atomic E-state index is 0.0308. The summed E-state index contributed by atoms with van der Waals surface area (Å²) >= 11 is 0. The average Bonchev–Trinajstić information content (AvgIpc) is 2.34. The Morgan fingerprint density at radius 3 is 2.65 bits per heavy atom. The standard InChI is InChI=1S/C13H17FN2O4/c1-8(2)4-3-5-15-11-6-9(13(17)18)12(16(19)20)7-10(11)14/h6-8,15H,3-5H2,1-2H3,(H,17,18). The first-order valence-electron chi connectivity index (χ1n) is 6.28. The zero-order valence-corrected chi connectivity index (χ0v) is 11.4. The number of anilines is 1. The third-order valence-corrected chi connectivity index (χ3v) is 2.79. The zero-order chi connectivity index (χ0) is 15.3. The number of carbonyl (C=O) groups is 1. The largest absolute Gasteiger partial charge is 0.477 e. The van der Waals surface area contributed by atoms with Gasteiger partial charge in [0.1, 0.15) is 5.56 Å². The number of benzene rings is 1. The van der Waals surface area contributed by atoms with Crippen molar-refractivity contribution in [3.8, 4) is 0 Å². The summed E-state index contributed by atoms with van der Waals surface area (Å²) in [5, 5.41) is 22.4. The molecule has 20 heavy (non-hydrogen) atoms. The van der Waals surface area contributed by atoms with Crippen molar-refractivity contribution in [2.75, 3.05) is 11.9 Å². The predicted octanol–water partition coefficient (Wildman–Crippen LogP) is 3.28. The van der Waals surface area contributed by atoms with Gasteiger partial charge in [0.25, 0.3) is 5.69 Å². The molecule has 0 aliphatic heterocycles. The van der Waals surface area contributed by atoms with Crippen molar-refractivity contribution in [3.63, 3.8) is 0 Å². The van der Waals surface area contributed by atoms with Crippen LogP contribution < -0.4 is 5.32 Å². The maximum absolute atomic E-state index is 13.7. The summed E-state index contributed by atoms with van der Waals surface area (Å²) < 4.78 is 13.7. The van der Waals surface area contributed by atoms with Gasteiger partial charge in [0, 0.05) is 6.54 Å². The fraction of sp³-hybridized carbons (Fsp3) is 0.462. The van der Waals surface area contributed by atoms with E-state index in [1.165, 1.54) is 0 Å². The van der Waals surface area contributed by atoms with Gasteiger partial charge in [-0.25, -0.2) is 9.18 Å². The van der Waals surface area contributed by atoms with Gasteiger partial charge in [-0.05, 0) is 24.8 Å². The fourth-order valence-corrected chi connectivity index (χ4v) is 1.75. The number of nitro groups is 1. The van der Waals surface area contributed by atoms with Crippen molar-refractivity contribution < 1.29 is 19.2 Å². The number of rotatable bonds is 7. The molecule has 0 saturated heterocycles. The second-order valence-corrected chi connectivity index (χ2v) is 4.87. The highest BCUT2D eigenvalue weighted by molar-refractivity contribution is 5.93. The lowest BCUT2D eigenvalue weighted by atomic mass is 10.1. The third kappa shape index (κ3) is 4.18. The van der Waals surface area contributed by atoms with E-state index in [0.717, 1.165) is 18.9 Å². The monoisotopic (exact) mass is 284 g/mol. The molecule has 0 radical (unpaired) electrons. The summed E-state index contributed by atoms with van der Waals surface area (Å²) in [6.45, 7) is 4.61. The molecular weight excluding hydrogens is 267 g/mol. The number of nitrogens with zero attached hydrogens (tertiary/aromatic N) is 1. The van der Waals surface area contributed by atoms with Crippen molar-refractivity contribution in [2.24, 2.45) is 5.92 Å². The highest BCUT2D eigenvalue weighted by Gasteiger charge is 2.23. The van der Waals surface area contributed by atoms with Gasteiger partial charge in [0.2, 0.25) is 0 Å². The van der Waals surface area contributed by atoms with Gasteiger partial charge in [-0.1, -0.05) is 13.8 Å². The SMILES string of the molecule is CC(C)CCCNc1cc(C(=O)O)c([N+](=O)[O-])cc1F. The Hall–Kier alpha value is -2.18. The first-order valence-corrected chi connectivity index (χ1v) is 6.28. The van der Waals surface area contributed by atoms with Crippen molar-refractivity contribution in [3.05, 3.63) is 33.6 Å². The first kappa shape index (κ1) is 15.9. The summed E-state index contributed by atoms with van der Waals surface area (Å²) in [4.78, 5) is 20.7. The van der Waals surface area contributed by atoms with Crippen molar-refractivity contribution >= 4 is 17.3 Å². The highest BCUT2D eigenvalue weighted by atomic mass is 19.1. The normalized spacial score (nSPS) is 10.6. The van der Waals surface area contributed by atoms with Crippen LogP contribution in [0.3, 0.4) is 0 Å². The van der Waals surface area contributed by atoms with Gasteiger partial charge < -0.3 is 10.4 Å². The minimum atomic E-state index is -1.46. The molecule has 0 spiro atoms. The van der Waals surface area contributed by atoms with E-state index in [9.17, 15) is 19.3 Å². The average molecular weight is 284 g/mol. The van der Waals surface area contributed by atoms with Crippen LogP contribution >= 0.6 is 0 Å². The Bertz CT molecular complexity index is 517. The molecule has 1 rings (SSSR count). The molecule has 7 heteroatoms. The quantitative estimate of drug-likeness (QED) is 0.455. The maximum atomic E-state index is 13.7. The van der Waals surface area contributed by atoms with E-state index in [4.69, 9.17) is 5.11 Å². The fourth-order valence-electron chi connectivity index (χ4n) is 1.75. The lowest BCUT2D eigenvalue weighted by Crippen LogP contribution is -2.09. The lowest BCUT2D eigenvalue weighted by molar-refractivity contribution is -0.385. The molecule has 0 heterocycles. The van der Waals surface area contributed by atoms with Crippen LogP contribution in [0.2, 0.25) is 0 Å². The third-order valence-electron chi connectivity index (χ3n) is 2.79. The molecule has 1 aromatic rings. The number of nitrogens with one attached hydrogen (secondary N) is 1. The zero-order valence-electron chi connectivity index (χ0n) is 11.4. The predicted molar refractivity (Wildman–Crippen MR) is 72.6 cm³/mol. The molecule has 0 aliphatic rings. The van der Waals surface area contributed by atoms with Gasteiger partial charge in [-0.15, -0.1) is 0 Å². The van der Waals surface area contributed by atoms with Gasteiger partial charge in [0.15, 0.2) is 5.82 Å². The van der Waals surface area contributed by atoms with Gasteiger partial charge in [-0.3, -0.25) is 10.1 Å². The van der Waals surface area contributed by atoms with Crippen molar-refractivity contribution in [2.45, 2.75) is 26.7 Å². The molecule has 1 aromatic carbocycles. The van der Waals surface area contributed by atoms with E-state index >= 15 is 0 Å². The van der Waals surface area contributed by atoms with Crippen LogP contribution in [0.1, 0.15) is 37.0 Å². The molecule has 0 atom stereocenters. The van der Waals surface area contributed by atoms with Crippen molar-refractivity contribution in [1.29, 1.82) is 0 Å². The Kier molecular flexibility index (Phi) is 5.42. The van der Waals surface area contributed by atoms with E-state index < -0.39 is 28.0 Å². The van der Waals surface area contributed by atoms with Crippen LogP contribution in [0, 0.1) is 21.8 Å². The molecule has 0 amide bonds. The number of hydrogen-bond acceptors (Lipinski definition) is 4. The molecule has 0 aromatic heterocycles. The van der Waals surface area contributed by atoms with E-state index in [1.54, 1.807) is 0 Å². The molecule has 0 fully saturated rings. The van der Waals surface area contributed by atoms with Crippen LogP contribution in [0.15, 0.2) is 12.1 Å². The number of aromatic carboxylic acids is 1. The summed E-state index contributed by atoms with van der Waals surface area (Å²) in [5.41, 5.74) is -1.30. The van der Waals surface area contributed by atoms with Crippen LogP contribution in [0.5, 0.6) is 0 Å². The second kappa shape index (κ2) is 6.83. The topological polar surface area (TPSA) is 92.5 Å². The van der Waals surface area contributed by atoms with E-state index in [-0.39, 0.29) is 5.69 Å². The van der Waals surface area contributed by atoms with Gasteiger partial charge in [-0.2, -0.15) is 0 Å². The van der Waals surface area contributed by atoms with Crippen LogP contribution in [0.4, 0.5) is 15.8 Å². The number of carboxylic acid groups (broad SMARTS) is 1. The molecule has 0 saturated carbocycles. The van der Waals surface area contributed by atoms with Crippen LogP contribution in [0.25, 0.3) is 0 Å². The Labute approximate surface area is 115 Å². The molecule has 2 N–H and O–H groups in total. The molecule has 110 valence electrons. The minimum Gasteiger partial charge on any atom is -0.477 e. The maximum Gasteiger partial charge on any atom is 0.342 e. The molecular formula is C13H17FN2O4. The van der Waals surface area contributed by atoms with Crippen molar-refractivity contribution in [1.82, 2.24) is 0 Å². The Morgan fingerprint density at radius 1 is 1.50 bits per heavy atom. The molecule has 0 bridgehead atoms. The summed E-state index contributed by atoms with van der Waals surface area (Å²) in [6, 6.07) is 1.60. The number of nitro benzene ring substituents is 1. The van der Waals surface area contributed by atoms with E-state index in [1.807, 2.05) is 0 Å². The summed E-state index contributed by atoms with van der Waals surface area (Å²) in [5.74, 6) is -1.76. The number of hydrogen-bond donors (Lipinski definition) is 2. The lowest BCUT2D eigenvalue weighted by Gasteiger charge is -2.10. The summed E-state index contributed by atoms with van der Waals surface area (Å²) in [7, 11) is 0. The van der Waals surface area contributed by atoms with Crippen LogP contribution in [-0.4, -0.2) is 22.5 Å². The number of carboxylic acids is 1. The van der Waals surface area contributed by atoms with Gasteiger partial charge in [0.05, 0.1) is 16.7 Å². The Balaban J connectivity index is 2.90. The molecule has 6 nitrogen and oxygen atoms in total. The first-order chi connectivity index (χ1) is 9.32. The summed E-state index contributed by atoms with van der Waals surface area (Å²) in [6.07, 6.45) is 1.75.